The molecule has 5 heteroatoms. The van der Waals surface area contributed by atoms with Crippen molar-refractivity contribution in [2.24, 2.45) is 11.8 Å². The minimum Gasteiger partial charge on any atom is -0.357 e. The molecule has 5 nitrogen and oxygen atoms in total. The van der Waals surface area contributed by atoms with Crippen LogP contribution in [0.15, 0.2) is 18.3 Å². The average molecular weight is 288 g/mol. The minimum atomic E-state index is 0.0618. The van der Waals surface area contributed by atoms with Gasteiger partial charge in [-0.1, -0.05) is 6.92 Å². The maximum absolute atomic E-state index is 12.2. The molecule has 2 fully saturated rings. The number of amides is 1. The number of carbonyl (C=O) groups excluding carboxylic acids is 1. The van der Waals surface area contributed by atoms with Crippen molar-refractivity contribution >= 4 is 17.4 Å². The van der Waals surface area contributed by atoms with Crippen molar-refractivity contribution < 1.29 is 4.79 Å². The van der Waals surface area contributed by atoms with Crippen LogP contribution in [0.2, 0.25) is 0 Å². The van der Waals surface area contributed by atoms with Gasteiger partial charge in [0.15, 0.2) is 0 Å². The van der Waals surface area contributed by atoms with E-state index in [1.807, 2.05) is 12.1 Å². The Balaban J connectivity index is 1.60. The van der Waals surface area contributed by atoms with Gasteiger partial charge in [0.05, 0.1) is 17.8 Å². The van der Waals surface area contributed by atoms with Crippen LogP contribution >= 0.6 is 0 Å². The van der Waals surface area contributed by atoms with E-state index in [1.54, 1.807) is 6.20 Å². The fourth-order valence-electron chi connectivity index (χ4n) is 3.17. The Bertz CT molecular complexity index is 482. The van der Waals surface area contributed by atoms with Crippen LogP contribution in [0.3, 0.4) is 0 Å². The molecule has 2 N–H and O–H groups in total. The molecule has 114 valence electrons. The van der Waals surface area contributed by atoms with Crippen molar-refractivity contribution in [3.8, 4) is 0 Å². The number of carbonyl (C=O) groups is 1. The summed E-state index contributed by atoms with van der Waals surface area (Å²) < 4.78 is 0. The van der Waals surface area contributed by atoms with Gasteiger partial charge in [0.1, 0.15) is 5.82 Å². The lowest BCUT2D eigenvalue weighted by molar-refractivity contribution is -0.120. The molecule has 1 amide bonds. The summed E-state index contributed by atoms with van der Waals surface area (Å²) in [5.41, 5.74) is 0.792. The lowest BCUT2D eigenvalue weighted by atomic mass is 9.97. The highest BCUT2D eigenvalue weighted by atomic mass is 16.1. The smallest absolute Gasteiger partial charge is 0.229 e. The number of nitrogens with zero attached hydrogens (tertiary/aromatic N) is 2. The summed E-state index contributed by atoms with van der Waals surface area (Å²) in [7, 11) is 0. The van der Waals surface area contributed by atoms with E-state index in [-0.39, 0.29) is 11.8 Å². The predicted octanol–water partition coefficient (Wildman–Crippen LogP) is 1.87. The largest absolute Gasteiger partial charge is 0.357 e. The third-order valence-electron chi connectivity index (χ3n) is 4.55. The van der Waals surface area contributed by atoms with Crippen LogP contribution in [0.1, 0.15) is 26.2 Å². The summed E-state index contributed by atoms with van der Waals surface area (Å²) in [6.45, 7) is 5.98. The average Bonchev–Trinajstić information content (AvgIpc) is 2.95. The zero-order valence-corrected chi connectivity index (χ0v) is 12.6. The van der Waals surface area contributed by atoms with Crippen molar-refractivity contribution in [1.29, 1.82) is 0 Å². The van der Waals surface area contributed by atoms with E-state index >= 15 is 0 Å². The van der Waals surface area contributed by atoms with Crippen molar-refractivity contribution in [3.05, 3.63) is 18.3 Å². The van der Waals surface area contributed by atoms with Crippen LogP contribution in [0.4, 0.5) is 11.5 Å². The number of rotatable bonds is 3. The summed E-state index contributed by atoms with van der Waals surface area (Å²) in [6.07, 6.45) is 5.58. The first-order chi connectivity index (χ1) is 10.2. The molecule has 2 atom stereocenters. The van der Waals surface area contributed by atoms with E-state index in [0.29, 0.717) is 5.92 Å². The molecule has 2 aliphatic heterocycles. The fourth-order valence-corrected chi connectivity index (χ4v) is 3.17. The van der Waals surface area contributed by atoms with Gasteiger partial charge < -0.3 is 15.5 Å². The van der Waals surface area contributed by atoms with Crippen LogP contribution < -0.4 is 15.5 Å². The SMILES string of the molecule is C[C@@H]1CNC[C@H]1C(=O)Nc1ccc(N2CCCCC2)nc1. The number of aromatic nitrogens is 1. The van der Waals surface area contributed by atoms with Gasteiger partial charge in [-0.15, -0.1) is 0 Å². The van der Waals surface area contributed by atoms with Crippen LogP contribution in [0.5, 0.6) is 0 Å². The van der Waals surface area contributed by atoms with Crippen molar-refractivity contribution in [3.63, 3.8) is 0 Å². The zero-order valence-electron chi connectivity index (χ0n) is 12.6. The van der Waals surface area contributed by atoms with Crippen molar-refractivity contribution in [1.82, 2.24) is 10.3 Å². The summed E-state index contributed by atoms with van der Waals surface area (Å²) >= 11 is 0. The van der Waals surface area contributed by atoms with E-state index in [2.05, 4.69) is 27.4 Å². The Morgan fingerprint density at radius 1 is 1.29 bits per heavy atom. The standard InChI is InChI=1S/C16H24N4O/c1-12-9-17-11-14(12)16(21)19-13-5-6-15(18-10-13)20-7-3-2-4-8-20/h5-6,10,12,14,17H,2-4,7-9,11H2,1H3,(H,19,21)/t12-,14-/m1/s1. The molecule has 0 radical (unpaired) electrons. The summed E-state index contributed by atoms with van der Waals surface area (Å²) in [5, 5.41) is 6.24. The van der Waals surface area contributed by atoms with E-state index in [0.717, 1.165) is 37.7 Å². The maximum atomic E-state index is 12.2. The van der Waals surface area contributed by atoms with Gasteiger partial charge in [-0.2, -0.15) is 0 Å². The maximum Gasteiger partial charge on any atom is 0.229 e. The molecule has 0 aliphatic carbocycles. The topological polar surface area (TPSA) is 57.3 Å². The summed E-state index contributed by atoms with van der Waals surface area (Å²) in [5.74, 6) is 1.57. The van der Waals surface area contributed by atoms with Crippen LogP contribution in [0, 0.1) is 11.8 Å². The first kappa shape index (κ1) is 14.3. The molecule has 0 spiro atoms. The first-order valence-corrected chi connectivity index (χ1v) is 7.96. The van der Waals surface area contributed by atoms with Crippen LogP contribution in [0.25, 0.3) is 0 Å². The highest BCUT2D eigenvalue weighted by molar-refractivity contribution is 5.93. The fraction of sp³-hybridized carbons (Fsp3) is 0.625. The number of hydrogen-bond acceptors (Lipinski definition) is 4. The molecular weight excluding hydrogens is 264 g/mol. The van der Waals surface area contributed by atoms with E-state index < -0.39 is 0 Å². The highest BCUT2D eigenvalue weighted by Gasteiger charge is 2.29. The molecule has 0 saturated carbocycles. The van der Waals surface area contributed by atoms with Gasteiger partial charge in [0.25, 0.3) is 0 Å². The number of piperidine rings is 1. The lowest BCUT2D eigenvalue weighted by Gasteiger charge is -2.27. The van der Waals surface area contributed by atoms with Crippen molar-refractivity contribution in [2.45, 2.75) is 26.2 Å². The Hall–Kier alpha value is -1.62. The summed E-state index contributed by atoms with van der Waals surface area (Å²) in [6, 6.07) is 3.97. The molecule has 0 unspecified atom stereocenters. The predicted molar refractivity (Wildman–Crippen MR) is 84.5 cm³/mol. The van der Waals surface area contributed by atoms with Gasteiger partial charge in [-0.25, -0.2) is 4.98 Å². The molecule has 3 heterocycles. The van der Waals surface area contributed by atoms with E-state index in [9.17, 15) is 4.79 Å². The lowest BCUT2D eigenvalue weighted by Crippen LogP contribution is -2.30. The van der Waals surface area contributed by atoms with E-state index in [1.165, 1.54) is 19.3 Å². The van der Waals surface area contributed by atoms with E-state index in [4.69, 9.17) is 0 Å². The Morgan fingerprint density at radius 2 is 2.10 bits per heavy atom. The third-order valence-corrected chi connectivity index (χ3v) is 4.55. The third kappa shape index (κ3) is 3.35. The van der Waals surface area contributed by atoms with Gasteiger partial charge in [0, 0.05) is 19.6 Å². The van der Waals surface area contributed by atoms with Gasteiger partial charge in [-0.05, 0) is 43.9 Å². The highest BCUT2D eigenvalue weighted by Crippen LogP contribution is 2.21. The molecular formula is C16H24N4O. The molecule has 0 aromatic carbocycles. The van der Waals surface area contributed by atoms with Gasteiger partial charge in [-0.3, -0.25) is 4.79 Å². The summed E-state index contributed by atoms with van der Waals surface area (Å²) in [4.78, 5) is 19.0. The number of nitrogens with one attached hydrogen (secondary N) is 2. The molecule has 3 rings (SSSR count). The van der Waals surface area contributed by atoms with Crippen molar-refractivity contribution in [2.75, 3.05) is 36.4 Å². The Kier molecular flexibility index (Phi) is 4.39. The Morgan fingerprint density at radius 3 is 2.71 bits per heavy atom. The normalized spacial score (nSPS) is 25.9. The van der Waals surface area contributed by atoms with Gasteiger partial charge in [0.2, 0.25) is 5.91 Å². The van der Waals surface area contributed by atoms with Gasteiger partial charge >= 0.3 is 0 Å². The minimum absolute atomic E-state index is 0.0618. The molecule has 2 saturated heterocycles. The number of hydrogen-bond donors (Lipinski definition) is 2. The second-order valence-electron chi connectivity index (χ2n) is 6.18. The quantitative estimate of drug-likeness (QED) is 0.891. The Labute approximate surface area is 126 Å². The number of pyridine rings is 1. The molecule has 0 bridgehead atoms. The first-order valence-electron chi connectivity index (χ1n) is 7.96. The second kappa shape index (κ2) is 6.43. The second-order valence-corrected chi connectivity index (χ2v) is 6.18. The van der Waals surface area contributed by atoms with Crippen LogP contribution in [-0.2, 0) is 4.79 Å². The zero-order chi connectivity index (χ0) is 14.7. The monoisotopic (exact) mass is 288 g/mol. The molecule has 1 aromatic rings. The molecule has 2 aliphatic rings. The number of anilines is 2. The molecule has 21 heavy (non-hydrogen) atoms. The van der Waals surface area contributed by atoms with Crippen LogP contribution in [-0.4, -0.2) is 37.1 Å². The molecule has 1 aromatic heterocycles.